The van der Waals surface area contributed by atoms with Crippen molar-refractivity contribution in [3.63, 3.8) is 0 Å². The Bertz CT molecular complexity index is 997. The van der Waals surface area contributed by atoms with E-state index in [9.17, 15) is 10.4 Å². The number of hydrogen-bond donors (Lipinski definition) is 1. The number of aromatic nitrogens is 1. The molecule has 0 bridgehead atoms. The van der Waals surface area contributed by atoms with Crippen LogP contribution in [-0.2, 0) is 6.54 Å². The minimum absolute atomic E-state index is 0.175. The Balaban J connectivity index is 2.15. The first-order chi connectivity index (χ1) is 11.7. The predicted octanol–water partition coefficient (Wildman–Crippen LogP) is 3.65. The van der Waals surface area contributed by atoms with E-state index in [1.165, 1.54) is 0 Å². The maximum Gasteiger partial charge on any atom is 0.118 e. The summed E-state index contributed by atoms with van der Waals surface area (Å²) in [5.41, 5.74) is 2.85. The molecule has 0 aliphatic rings. The van der Waals surface area contributed by atoms with Gasteiger partial charge in [-0.2, -0.15) is 5.26 Å². The van der Waals surface area contributed by atoms with Crippen LogP contribution in [0.25, 0.3) is 10.9 Å². The van der Waals surface area contributed by atoms with Crippen LogP contribution in [0.2, 0.25) is 0 Å². The van der Waals surface area contributed by atoms with Gasteiger partial charge in [-0.05, 0) is 49.2 Å². The Morgan fingerprint density at radius 2 is 1.88 bits per heavy atom. The van der Waals surface area contributed by atoms with Crippen molar-refractivity contribution >= 4 is 10.9 Å². The molecule has 0 unspecified atom stereocenters. The van der Waals surface area contributed by atoms with Gasteiger partial charge in [0.2, 0.25) is 0 Å². The number of ether oxygens (including phenoxy) is 1. The highest BCUT2D eigenvalue weighted by Gasteiger charge is 2.15. The maximum atomic E-state index is 9.74. The molecule has 0 saturated heterocycles. The Morgan fingerprint density at radius 1 is 1.12 bits per heavy atom. The second kappa shape index (κ2) is 6.40. The molecule has 0 aliphatic carbocycles. The average molecular weight is 316 g/mol. The summed E-state index contributed by atoms with van der Waals surface area (Å²) in [5.74, 6) is 7.16. The van der Waals surface area contributed by atoms with E-state index in [-0.39, 0.29) is 5.75 Å². The highest BCUT2D eigenvalue weighted by Crippen LogP contribution is 2.28. The molecule has 2 aromatic carbocycles. The van der Waals surface area contributed by atoms with E-state index in [0.29, 0.717) is 17.8 Å². The molecule has 0 saturated carbocycles. The molecule has 1 aromatic heterocycles. The van der Waals surface area contributed by atoms with E-state index in [0.717, 1.165) is 22.2 Å². The third-order valence-electron chi connectivity index (χ3n) is 3.89. The van der Waals surface area contributed by atoms with Gasteiger partial charge in [-0.15, -0.1) is 0 Å². The first kappa shape index (κ1) is 15.5. The third-order valence-corrected chi connectivity index (χ3v) is 3.89. The molecule has 4 nitrogen and oxygen atoms in total. The minimum Gasteiger partial charge on any atom is -0.508 e. The number of methoxy groups -OCH3 is 1. The summed E-state index contributed by atoms with van der Waals surface area (Å²) in [5, 5.41) is 20.1. The van der Waals surface area contributed by atoms with Crippen molar-refractivity contribution in [1.82, 2.24) is 4.57 Å². The lowest BCUT2D eigenvalue weighted by atomic mass is 10.1. The van der Waals surface area contributed by atoms with Crippen LogP contribution in [0.4, 0.5) is 0 Å². The fourth-order valence-corrected chi connectivity index (χ4v) is 2.72. The molecule has 24 heavy (non-hydrogen) atoms. The van der Waals surface area contributed by atoms with Crippen LogP contribution in [0.3, 0.4) is 0 Å². The minimum atomic E-state index is 0.175. The number of benzene rings is 2. The van der Waals surface area contributed by atoms with E-state index in [4.69, 9.17) is 4.74 Å². The summed E-state index contributed by atoms with van der Waals surface area (Å²) in [7, 11) is 1.62. The molecule has 0 amide bonds. The number of hydrogen-bond acceptors (Lipinski definition) is 3. The first-order valence-corrected chi connectivity index (χ1v) is 7.59. The van der Waals surface area contributed by atoms with Gasteiger partial charge in [0.15, 0.2) is 0 Å². The number of rotatable bonds is 2. The van der Waals surface area contributed by atoms with Crippen LogP contribution in [0.1, 0.15) is 23.7 Å². The van der Waals surface area contributed by atoms with Gasteiger partial charge in [-0.1, -0.05) is 5.92 Å². The van der Waals surface area contributed by atoms with Crippen LogP contribution in [0.5, 0.6) is 11.5 Å². The third kappa shape index (κ3) is 2.66. The second-order valence-corrected chi connectivity index (χ2v) is 5.26. The Morgan fingerprint density at radius 3 is 2.50 bits per heavy atom. The zero-order chi connectivity index (χ0) is 17.1. The van der Waals surface area contributed by atoms with Gasteiger partial charge in [0, 0.05) is 23.6 Å². The summed E-state index contributed by atoms with van der Waals surface area (Å²) in [6, 6.07) is 14.7. The van der Waals surface area contributed by atoms with Gasteiger partial charge in [0.1, 0.15) is 23.3 Å². The lowest BCUT2D eigenvalue weighted by Gasteiger charge is -2.03. The Hall–Kier alpha value is -3.37. The molecule has 0 aliphatic heterocycles. The quantitative estimate of drug-likeness (QED) is 0.734. The number of fused-ring (bicyclic) bond motifs is 1. The highest BCUT2D eigenvalue weighted by atomic mass is 16.5. The molecule has 4 heteroatoms. The number of phenolic OH excluding ortho intramolecular Hbond substituents is 1. The molecule has 0 atom stereocenters. The van der Waals surface area contributed by atoms with E-state index in [1.54, 1.807) is 25.3 Å². The Kier molecular flexibility index (Phi) is 4.14. The van der Waals surface area contributed by atoms with Gasteiger partial charge in [-0.3, -0.25) is 0 Å². The molecule has 0 spiro atoms. The lowest BCUT2D eigenvalue weighted by Crippen LogP contribution is -1.98. The van der Waals surface area contributed by atoms with Gasteiger partial charge < -0.3 is 14.4 Å². The van der Waals surface area contributed by atoms with E-state index in [1.807, 2.05) is 35.8 Å². The molecular formula is C20H16N2O2. The number of aromatic hydroxyl groups is 1. The summed E-state index contributed by atoms with van der Waals surface area (Å²) in [6.07, 6.45) is 0. The fourth-order valence-electron chi connectivity index (χ4n) is 2.72. The first-order valence-electron chi connectivity index (χ1n) is 7.59. The second-order valence-electron chi connectivity index (χ2n) is 5.26. The molecule has 1 heterocycles. The van der Waals surface area contributed by atoms with Crippen LogP contribution in [0.15, 0.2) is 42.5 Å². The maximum absolute atomic E-state index is 9.74. The van der Waals surface area contributed by atoms with Crippen molar-refractivity contribution in [3.8, 4) is 29.4 Å². The number of phenols is 1. The number of aryl methyl sites for hydroxylation is 1. The SMILES string of the molecule is CCn1c(C#Cc2ccc(OC)cc2)c(C#N)c2ccc(O)cc21. The van der Waals surface area contributed by atoms with Gasteiger partial charge in [0.05, 0.1) is 18.2 Å². The number of nitrogens with zero attached hydrogens (tertiary/aromatic N) is 2. The summed E-state index contributed by atoms with van der Waals surface area (Å²) >= 11 is 0. The standard InChI is InChI=1S/C20H16N2O2/c1-3-22-19(11-6-14-4-8-16(24-2)9-5-14)18(13-21)17-10-7-15(23)12-20(17)22/h4-5,7-10,12,23H,3H2,1-2H3. The average Bonchev–Trinajstić information content (AvgIpc) is 2.91. The van der Waals surface area contributed by atoms with Crippen molar-refractivity contribution in [2.75, 3.05) is 7.11 Å². The zero-order valence-corrected chi connectivity index (χ0v) is 13.5. The van der Waals surface area contributed by atoms with Gasteiger partial charge in [0.25, 0.3) is 0 Å². The van der Waals surface area contributed by atoms with Crippen molar-refractivity contribution in [3.05, 3.63) is 59.3 Å². The molecule has 3 rings (SSSR count). The summed E-state index contributed by atoms with van der Waals surface area (Å²) in [4.78, 5) is 0. The van der Waals surface area contributed by atoms with E-state index < -0.39 is 0 Å². The van der Waals surface area contributed by atoms with Crippen LogP contribution in [0, 0.1) is 23.2 Å². The fraction of sp³-hybridized carbons (Fsp3) is 0.150. The molecule has 0 fully saturated rings. The van der Waals surface area contributed by atoms with Crippen molar-refractivity contribution in [1.29, 1.82) is 5.26 Å². The van der Waals surface area contributed by atoms with Crippen LogP contribution >= 0.6 is 0 Å². The number of nitriles is 1. The van der Waals surface area contributed by atoms with E-state index >= 15 is 0 Å². The Labute approximate surface area is 140 Å². The molecular weight excluding hydrogens is 300 g/mol. The van der Waals surface area contributed by atoms with Crippen LogP contribution < -0.4 is 4.74 Å². The van der Waals surface area contributed by atoms with Gasteiger partial charge >= 0.3 is 0 Å². The molecule has 3 aromatic rings. The smallest absolute Gasteiger partial charge is 0.118 e. The summed E-state index contributed by atoms with van der Waals surface area (Å²) < 4.78 is 7.09. The van der Waals surface area contributed by atoms with Crippen molar-refractivity contribution in [2.45, 2.75) is 13.5 Å². The van der Waals surface area contributed by atoms with Crippen molar-refractivity contribution in [2.24, 2.45) is 0 Å². The highest BCUT2D eigenvalue weighted by molar-refractivity contribution is 5.90. The van der Waals surface area contributed by atoms with Crippen LogP contribution in [-0.4, -0.2) is 16.8 Å². The largest absolute Gasteiger partial charge is 0.508 e. The predicted molar refractivity (Wildman–Crippen MR) is 93.0 cm³/mol. The molecule has 1 N–H and O–H groups in total. The topological polar surface area (TPSA) is 58.2 Å². The molecule has 0 radical (unpaired) electrons. The monoisotopic (exact) mass is 316 g/mol. The lowest BCUT2D eigenvalue weighted by molar-refractivity contribution is 0.415. The normalized spacial score (nSPS) is 10.0. The summed E-state index contributed by atoms with van der Waals surface area (Å²) in [6.45, 7) is 2.65. The van der Waals surface area contributed by atoms with Gasteiger partial charge in [-0.25, -0.2) is 0 Å². The van der Waals surface area contributed by atoms with Crippen molar-refractivity contribution < 1.29 is 9.84 Å². The zero-order valence-electron chi connectivity index (χ0n) is 13.5. The van der Waals surface area contributed by atoms with E-state index in [2.05, 4.69) is 17.9 Å². The molecule has 118 valence electrons.